The van der Waals surface area contributed by atoms with Gasteiger partial charge in [-0.05, 0) is 105 Å². The fourth-order valence-corrected chi connectivity index (χ4v) is 13.3. The van der Waals surface area contributed by atoms with Crippen molar-refractivity contribution in [3.8, 4) is 0 Å². The first-order valence-electron chi connectivity index (χ1n) is 16.4. The summed E-state index contributed by atoms with van der Waals surface area (Å²) in [6.07, 6.45) is 7.06. The smallest absolute Gasteiger partial charge is 0.303 e. The van der Waals surface area contributed by atoms with Crippen LogP contribution in [0.2, 0.25) is 0 Å². The first-order valence-corrected chi connectivity index (χ1v) is 16.4. The van der Waals surface area contributed by atoms with Gasteiger partial charge in [-0.2, -0.15) is 0 Å². The van der Waals surface area contributed by atoms with Crippen molar-refractivity contribution < 1.29 is 29.2 Å². The molecule has 2 heterocycles. The van der Waals surface area contributed by atoms with E-state index >= 15 is 0 Å². The Morgan fingerprint density at radius 2 is 1.73 bits per heavy atom. The van der Waals surface area contributed by atoms with Crippen LogP contribution in [-0.2, 0) is 19.0 Å². The Morgan fingerprint density at radius 3 is 2.39 bits per heavy atom. The number of hydrogen-bond acceptors (Lipinski definition) is 7. The van der Waals surface area contributed by atoms with Crippen molar-refractivity contribution in [1.82, 2.24) is 0 Å². The lowest BCUT2D eigenvalue weighted by Crippen LogP contribution is -2.60. The first kappa shape index (κ1) is 28.6. The quantitative estimate of drug-likeness (QED) is 0.425. The van der Waals surface area contributed by atoms with Gasteiger partial charge >= 0.3 is 5.97 Å². The van der Waals surface area contributed by atoms with E-state index in [1.165, 1.54) is 26.2 Å². The summed E-state index contributed by atoms with van der Waals surface area (Å²) in [6, 6.07) is 0. The summed E-state index contributed by atoms with van der Waals surface area (Å²) in [6.45, 7) is 18.7. The van der Waals surface area contributed by atoms with Gasteiger partial charge < -0.3 is 24.4 Å². The van der Waals surface area contributed by atoms with Crippen molar-refractivity contribution in [1.29, 1.82) is 0 Å². The van der Waals surface area contributed by atoms with Gasteiger partial charge in [-0.1, -0.05) is 34.6 Å². The molecule has 2 N–H and O–H groups in total. The summed E-state index contributed by atoms with van der Waals surface area (Å²) >= 11 is 0. The van der Waals surface area contributed by atoms with Crippen LogP contribution in [0.25, 0.3) is 0 Å². The van der Waals surface area contributed by atoms with Crippen molar-refractivity contribution in [3.05, 3.63) is 0 Å². The van der Waals surface area contributed by atoms with E-state index in [1.807, 2.05) is 6.92 Å². The number of esters is 1. The monoisotopic (exact) mass is 571 g/mol. The van der Waals surface area contributed by atoms with Gasteiger partial charge in [0, 0.05) is 25.2 Å². The number of rotatable bonds is 3. The molecule has 7 aliphatic rings. The summed E-state index contributed by atoms with van der Waals surface area (Å²) in [7, 11) is 0. The van der Waals surface area contributed by atoms with E-state index in [2.05, 4.69) is 34.6 Å². The molecule has 5 unspecified atom stereocenters. The number of aliphatic hydroxyl groups excluding tert-OH is 1. The molecular formula is C34H53NO6. The van der Waals surface area contributed by atoms with Gasteiger partial charge in [-0.25, -0.2) is 4.99 Å². The van der Waals surface area contributed by atoms with Crippen LogP contribution in [0.3, 0.4) is 0 Å². The minimum absolute atomic E-state index is 0.0197. The lowest BCUT2D eigenvalue weighted by atomic mass is 9.41. The van der Waals surface area contributed by atoms with Crippen LogP contribution in [0, 0.1) is 50.7 Å². The van der Waals surface area contributed by atoms with E-state index in [0.29, 0.717) is 35.0 Å². The highest BCUT2D eigenvalue weighted by molar-refractivity contribution is 5.76. The SMILES string of the molecule is CC(=O)O[C@@H](C1C[C@@H](C)C2C3(N=C(C)OC3[C@@]3(C)C4CC[C@H]5C(C)(C)[C@@H](O)CC[C@@]56C[C@@]46CC[C@]23C)O1)C(C)(C)O. The number of hydrogen-bond donors (Lipinski definition) is 2. The third-order valence-corrected chi connectivity index (χ3v) is 14.8. The number of aliphatic imine (C=N–C) groups is 1. The van der Waals surface area contributed by atoms with Gasteiger partial charge in [0.25, 0.3) is 0 Å². The number of carbonyl (C=O) groups is 1. The molecule has 0 bridgehead atoms. The van der Waals surface area contributed by atoms with E-state index < -0.39 is 29.5 Å². The van der Waals surface area contributed by atoms with Crippen molar-refractivity contribution in [2.45, 2.75) is 149 Å². The van der Waals surface area contributed by atoms with E-state index in [0.717, 1.165) is 25.7 Å². The second-order valence-corrected chi connectivity index (χ2v) is 17.2. The minimum Gasteiger partial charge on any atom is -0.472 e. The molecule has 5 aliphatic carbocycles. The summed E-state index contributed by atoms with van der Waals surface area (Å²) in [5.74, 6) is 1.78. The molecule has 7 nitrogen and oxygen atoms in total. The van der Waals surface area contributed by atoms with Gasteiger partial charge in [0.05, 0.1) is 11.7 Å². The zero-order valence-corrected chi connectivity index (χ0v) is 26.8. The third kappa shape index (κ3) is 3.17. The van der Waals surface area contributed by atoms with Gasteiger partial charge in [-0.3, -0.25) is 4.79 Å². The van der Waals surface area contributed by atoms with Gasteiger partial charge in [0.2, 0.25) is 5.72 Å². The molecule has 1 saturated heterocycles. The summed E-state index contributed by atoms with van der Waals surface area (Å²) < 4.78 is 19.8. The molecule has 6 fully saturated rings. The molecule has 3 spiro atoms. The molecule has 7 heteroatoms. The lowest BCUT2D eigenvalue weighted by Gasteiger charge is -2.63. The predicted octanol–water partition coefficient (Wildman–Crippen LogP) is 5.65. The van der Waals surface area contributed by atoms with E-state index in [1.54, 1.807) is 13.8 Å². The fourth-order valence-electron chi connectivity index (χ4n) is 13.3. The molecule has 0 radical (unpaired) electrons. The van der Waals surface area contributed by atoms with Crippen molar-refractivity contribution in [2.24, 2.45) is 55.7 Å². The van der Waals surface area contributed by atoms with E-state index in [9.17, 15) is 15.0 Å². The van der Waals surface area contributed by atoms with Crippen molar-refractivity contribution in [2.75, 3.05) is 0 Å². The second-order valence-electron chi connectivity index (χ2n) is 17.2. The maximum absolute atomic E-state index is 12.2. The zero-order valence-electron chi connectivity index (χ0n) is 26.8. The summed E-state index contributed by atoms with van der Waals surface area (Å²) in [4.78, 5) is 17.4. The van der Waals surface area contributed by atoms with Crippen LogP contribution < -0.4 is 0 Å². The molecule has 7 rings (SSSR count). The molecule has 5 saturated carbocycles. The average molecular weight is 572 g/mol. The average Bonchev–Trinajstić information content (AvgIpc) is 3.36. The number of ether oxygens (including phenoxy) is 3. The predicted molar refractivity (Wildman–Crippen MR) is 155 cm³/mol. The number of nitrogens with zero attached hydrogens (tertiary/aromatic N) is 1. The Morgan fingerprint density at radius 1 is 1.07 bits per heavy atom. The molecule has 13 atom stereocenters. The fraction of sp³-hybridized carbons (Fsp3) is 0.941. The lowest BCUT2D eigenvalue weighted by molar-refractivity contribution is -0.247. The molecular weight excluding hydrogens is 518 g/mol. The van der Waals surface area contributed by atoms with Crippen LogP contribution in [0.1, 0.15) is 114 Å². The molecule has 0 aromatic heterocycles. The van der Waals surface area contributed by atoms with E-state index in [-0.39, 0.29) is 40.3 Å². The summed E-state index contributed by atoms with van der Waals surface area (Å²) in [5, 5.41) is 22.2. The van der Waals surface area contributed by atoms with Gasteiger partial charge in [-0.15, -0.1) is 0 Å². The van der Waals surface area contributed by atoms with Crippen LogP contribution in [0.4, 0.5) is 0 Å². The third-order valence-electron chi connectivity index (χ3n) is 14.8. The summed E-state index contributed by atoms with van der Waals surface area (Å²) in [5.41, 5.74) is -1.69. The minimum atomic E-state index is -1.26. The molecule has 0 aromatic rings. The Balaban J connectivity index is 1.31. The van der Waals surface area contributed by atoms with E-state index in [4.69, 9.17) is 19.2 Å². The normalized spacial score (nSPS) is 55.1. The standard InChI is InChI=1S/C34H53NO6/c1-18-16-21(26(29(6,7)38)40-20(3)36)41-34-25(18)30(8)14-15-33-17-32(33)13-12-24(37)28(4,5)22(32)10-11-23(33)31(30,9)27(34)39-19(2)35-34/h18,21-27,37-38H,10-17H2,1-9H3/t18-,21?,22+,23?,24+,25?,26+,27?,30-,31-,32-,33+,34?/m1/s1. The zero-order chi connectivity index (χ0) is 29.8. The van der Waals surface area contributed by atoms with Crippen LogP contribution in [-0.4, -0.2) is 57.8 Å². The second kappa shape index (κ2) is 8.10. The van der Waals surface area contributed by atoms with Gasteiger partial charge in [0.1, 0.15) is 6.10 Å². The maximum atomic E-state index is 12.2. The van der Waals surface area contributed by atoms with Crippen LogP contribution >= 0.6 is 0 Å². The highest BCUT2D eigenvalue weighted by Gasteiger charge is 2.88. The molecule has 41 heavy (non-hydrogen) atoms. The highest BCUT2D eigenvalue weighted by atomic mass is 16.6. The topological polar surface area (TPSA) is 97.6 Å². The van der Waals surface area contributed by atoms with Crippen LogP contribution in [0.5, 0.6) is 0 Å². The van der Waals surface area contributed by atoms with Crippen molar-refractivity contribution in [3.63, 3.8) is 0 Å². The molecule has 230 valence electrons. The highest BCUT2D eigenvalue weighted by Crippen LogP contribution is 2.90. The Kier molecular flexibility index (Phi) is 5.64. The number of aliphatic hydroxyl groups is 2. The number of fused-ring (bicyclic) bond motifs is 4. The largest absolute Gasteiger partial charge is 0.472 e. The van der Waals surface area contributed by atoms with Gasteiger partial charge in [0.15, 0.2) is 18.1 Å². The molecule has 0 aromatic carbocycles. The first-order chi connectivity index (χ1) is 18.9. The Labute approximate surface area is 246 Å². The number of carbonyl (C=O) groups excluding carboxylic acids is 1. The Hall–Kier alpha value is -1.18. The molecule has 0 amide bonds. The molecule has 2 aliphatic heterocycles. The Bertz CT molecular complexity index is 1190. The maximum Gasteiger partial charge on any atom is 0.303 e. The van der Waals surface area contributed by atoms with Crippen LogP contribution in [0.15, 0.2) is 4.99 Å². The van der Waals surface area contributed by atoms with Crippen molar-refractivity contribution >= 4 is 11.9 Å².